The molecule has 98 valence electrons. The molecule has 0 spiro atoms. The van der Waals surface area contributed by atoms with Gasteiger partial charge in [0.25, 0.3) is 0 Å². The van der Waals surface area contributed by atoms with Crippen LogP contribution in [0.15, 0.2) is 18.2 Å². The van der Waals surface area contributed by atoms with E-state index in [1.165, 1.54) is 0 Å². The molecule has 0 amide bonds. The fourth-order valence-electron chi connectivity index (χ4n) is 2.26. The first-order valence-corrected chi connectivity index (χ1v) is 6.03. The predicted octanol–water partition coefficient (Wildman–Crippen LogP) is 2.87. The molecule has 0 fully saturated rings. The van der Waals surface area contributed by atoms with Crippen molar-refractivity contribution in [3.05, 3.63) is 40.6 Å². The number of hydrogen-bond acceptors (Lipinski definition) is 3. The summed E-state index contributed by atoms with van der Waals surface area (Å²) in [6.45, 7) is 5.87. The number of methoxy groups -OCH3 is 1. The van der Waals surface area contributed by atoms with Gasteiger partial charge in [-0.25, -0.2) is 0 Å². The van der Waals surface area contributed by atoms with Gasteiger partial charge in [-0.1, -0.05) is 6.07 Å². The lowest BCUT2D eigenvalue weighted by Crippen LogP contribution is -2.05. The number of aromatic nitrogens is 1. The summed E-state index contributed by atoms with van der Waals surface area (Å²) >= 11 is 0. The third-order valence-electron chi connectivity index (χ3n) is 3.44. The van der Waals surface area contributed by atoms with Gasteiger partial charge in [-0.2, -0.15) is 5.26 Å². The van der Waals surface area contributed by atoms with E-state index in [1.807, 2.05) is 43.5 Å². The van der Waals surface area contributed by atoms with E-state index in [0.717, 1.165) is 28.3 Å². The van der Waals surface area contributed by atoms with E-state index < -0.39 is 0 Å². The third kappa shape index (κ3) is 1.93. The van der Waals surface area contributed by atoms with E-state index in [9.17, 15) is 5.26 Å². The molecule has 0 aliphatic carbocycles. The summed E-state index contributed by atoms with van der Waals surface area (Å²) in [6, 6.07) is 8.05. The number of anilines is 1. The molecule has 1 aromatic heterocycles. The van der Waals surface area contributed by atoms with Crippen LogP contribution < -0.4 is 10.5 Å². The molecular formula is C15H17N3O. The largest absolute Gasteiger partial charge is 0.495 e. The van der Waals surface area contributed by atoms with Crippen LogP contribution in [0.5, 0.6) is 5.75 Å². The normalized spacial score (nSPS) is 10.3. The maximum Gasteiger partial charge on any atom is 0.142 e. The number of nitriles is 1. The third-order valence-corrected chi connectivity index (χ3v) is 3.44. The molecule has 19 heavy (non-hydrogen) atoms. The zero-order valence-corrected chi connectivity index (χ0v) is 11.6. The minimum Gasteiger partial charge on any atom is -0.495 e. The topological polar surface area (TPSA) is 64.0 Å². The zero-order valence-electron chi connectivity index (χ0n) is 11.6. The maximum absolute atomic E-state index is 9.19. The highest BCUT2D eigenvalue weighted by Gasteiger charge is 2.18. The number of ether oxygens (including phenoxy) is 1. The lowest BCUT2D eigenvalue weighted by molar-refractivity contribution is 0.412. The van der Waals surface area contributed by atoms with E-state index in [1.54, 1.807) is 7.11 Å². The molecule has 4 nitrogen and oxygen atoms in total. The van der Waals surface area contributed by atoms with Crippen molar-refractivity contribution in [2.45, 2.75) is 20.8 Å². The van der Waals surface area contributed by atoms with Gasteiger partial charge in [-0.3, -0.25) is 4.57 Å². The molecule has 0 unspecified atom stereocenters. The fourth-order valence-corrected chi connectivity index (χ4v) is 2.26. The van der Waals surface area contributed by atoms with Gasteiger partial charge in [-0.05, 0) is 44.0 Å². The lowest BCUT2D eigenvalue weighted by Gasteiger charge is -2.14. The van der Waals surface area contributed by atoms with E-state index in [2.05, 4.69) is 6.07 Å². The Hall–Kier alpha value is -2.41. The van der Waals surface area contributed by atoms with Crippen molar-refractivity contribution < 1.29 is 4.74 Å². The summed E-state index contributed by atoms with van der Waals surface area (Å²) in [5.74, 6) is 1.20. The molecule has 2 N–H and O–H groups in total. The first kappa shape index (κ1) is 13.0. The van der Waals surface area contributed by atoms with E-state index in [-0.39, 0.29) is 0 Å². The molecule has 0 atom stereocenters. The number of rotatable bonds is 2. The monoisotopic (exact) mass is 255 g/mol. The Morgan fingerprint density at radius 3 is 2.47 bits per heavy atom. The van der Waals surface area contributed by atoms with Crippen LogP contribution in [0.3, 0.4) is 0 Å². The fraction of sp³-hybridized carbons (Fsp3) is 0.267. The van der Waals surface area contributed by atoms with Crippen LogP contribution >= 0.6 is 0 Å². The highest BCUT2D eigenvalue weighted by atomic mass is 16.5. The first-order chi connectivity index (χ1) is 9.01. The zero-order chi connectivity index (χ0) is 14.2. The molecule has 1 aromatic carbocycles. The summed E-state index contributed by atoms with van der Waals surface area (Å²) in [4.78, 5) is 0. The molecular weight excluding hydrogens is 238 g/mol. The second-order valence-electron chi connectivity index (χ2n) is 4.59. The minimum atomic E-state index is 0.460. The van der Waals surface area contributed by atoms with Crippen molar-refractivity contribution in [2.24, 2.45) is 0 Å². The molecule has 0 radical (unpaired) electrons. The molecule has 0 saturated heterocycles. The van der Waals surface area contributed by atoms with Crippen LogP contribution in [0, 0.1) is 32.1 Å². The molecule has 4 heteroatoms. The Bertz CT molecular complexity index is 678. The SMILES string of the molecule is COc1ccc(C)cc1-n1c(C)c(C)c(C#N)c1N. The number of nitrogen functional groups attached to an aromatic ring is 1. The average molecular weight is 255 g/mol. The smallest absolute Gasteiger partial charge is 0.142 e. The highest BCUT2D eigenvalue weighted by Crippen LogP contribution is 2.32. The summed E-state index contributed by atoms with van der Waals surface area (Å²) in [6.07, 6.45) is 0. The van der Waals surface area contributed by atoms with Crippen LogP contribution in [0.2, 0.25) is 0 Å². The van der Waals surface area contributed by atoms with Gasteiger partial charge in [0.05, 0.1) is 18.4 Å². The average Bonchev–Trinajstić information content (AvgIpc) is 2.60. The van der Waals surface area contributed by atoms with E-state index >= 15 is 0 Å². The van der Waals surface area contributed by atoms with Crippen molar-refractivity contribution >= 4 is 5.82 Å². The van der Waals surface area contributed by atoms with Crippen LogP contribution in [0.1, 0.15) is 22.4 Å². The second kappa shape index (κ2) is 4.69. The predicted molar refractivity (Wildman–Crippen MR) is 75.7 cm³/mol. The molecule has 0 bridgehead atoms. The molecule has 2 rings (SSSR count). The van der Waals surface area contributed by atoms with Gasteiger partial charge in [0, 0.05) is 5.69 Å². The van der Waals surface area contributed by atoms with Crippen molar-refractivity contribution in [1.82, 2.24) is 4.57 Å². The standard InChI is InChI=1S/C15H17N3O/c1-9-5-6-14(19-4)13(7-9)18-11(3)10(2)12(8-16)15(18)17/h5-7H,17H2,1-4H3. The molecule has 1 heterocycles. The summed E-state index contributed by atoms with van der Waals surface area (Å²) in [5.41, 5.74) is 10.5. The highest BCUT2D eigenvalue weighted by molar-refractivity contribution is 5.65. The number of nitrogens with two attached hydrogens (primary N) is 1. The number of benzene rings is 1. The molecule has 0 saturated carbocycles. The number of aryl methyl sites for hydroxylation is 1. The maximum atomic E-state index is 9.19. The van der Waals surface area contributed by atoms with Crippen LogP contribution in [0.25, 0.3) is 5.69 Å². The van der Waals surface area contributed by atoms with Crippen molar-refractivity contribution in [3.63, 3.8) is 0 Å². The molecule has 0 aliphatic rings. The Labute approximate surface area is 113 Å². The number of nitrogens with zero attached hydrogens (tertiary/aromatic N) is 2. The Morgan fingerprint density at radius 1 is 1.26 bits per heavy atom. The van der Waals surface area contributed by atoms with Gasteiger partial charge < -0.3 is 10.5 Å². The van der Waals surface area contributed by atoms with Gasteiger partial charge >= 0.3 is 0 Å². The quantitative estimate of drug-likeness (QED) is 0.897. The summed E-state index contributed by atoms with van der Waals surface area (Å²) in [5, 5.41) is 9.19. The Kier molecular flexibility index (Phi) is 3.22. The van der Waals surface area contributed by atoms with Crippen LogP contribution in [-0.2, 0) is 0 Å². The van der Waals surface area contributed by atoms with Gasteiger partial charge in [0.15, 0.2) is 0 Å². The Morgan fingerprint density at radius 2 is 1.95 bits per heavy atom. The molecule has 2 aromatic rings. The van der Waals surface area contributed by atoms with Gasteiger partial charge in [0.2, 0.25) is 0 Å². The van der Waals surface area contributed by atoms with Crippen LogP contribution in [0.4, 0.5) is 5.82 Å². The number of hydrogen-bond donors (Lipinski definition) is 1. The van der Waals surface area contributed by atoms with Crippen molar-refractivity contribution in [3.8, 4) is 17.5 Å². The van der Waals surface area contributed by atoms with Crippen LogP contribution in [-0.4, -0.2) is 11.7 Å². The van der Waals surface area contributed by atoms with E-state index in [0.29, 0.717) is 11.4 Å². The Balaban J connectivity index is 2.80. The minimum absolute atomic E-state index is 0.460. The van der Waals surface area contributed by atoms with Crippen molar-refractivity contribution in [2.75, 3.05) is 12.8 Å². The summed E-state index contributed by atoms with van der Waals surface area (Å²) in [7, 11) is 1.63. The lowest BCUT2D eigenvalue weighted by atomic mass is 10.2. The first-order valence-electron chi connectivity index (χ1n) is 6.03. The van der Waals surface area contributed by atoms with Gasteiger partial charge in [0.1, 0.15) is 17.6 Å². The van der Waals surface area contributed by atoms with E-state index in [4.69, 9.17) is 10.5 Å². The van der Waals surface area contributed by atoms with Crippen molar-refractivity contribution in [1.29, 1.82) is 5.26 Å². The second-order valence-corrected chi connectivity index (χ2v) is 4.59. The van der Waals surface area contributed by atoms with Gasteiger partial charge in [-0.15, -0.1) is 0 Å². The summed E-state index contributed by atoms with van der Waals surface area (Å²) < 4.78 is 7.26. The molecule has 0 aliphatic heterocycles.